The Morgan fingerprint density at radius 1 is 1.50 bits per heavy atom. The predicted molar refractivity (Wildman–Crippen MR) is 30.9 cm³/mol. The van der Waals surface area contributed by atoms with Crippen LogP contribution >= 0.6 is 0 Å². The van der Waals surface area contributed by atoms with Crippen molar-refractivity contribution in [3.8, 4) is 0 Å². The molecule has 0 amide bonds. The van der Waals surface area contributed by atoms with E-state index in [1.807, 2.05) is 0 Å². The number of hydrogen-bond donors (Lipinski definition) is 3. The Labute approximate surface area is 63.1 Å². The van der Waals surface area contributed by atoms with Crippen molar-refractivity contribution < 1.29 is 30.3 Å². The Bertz CT molecular complexity index is 98.5. The van der Waals surface area contributed by atoms with Crippen molar-refractivity contribution in [2.75, 3.05) is 0 Å². The lowest BCUT2D eigenvalue weighted by Gasteiger charge is -1.93. The van der Waals surface area contributed by atoms with Gasteiger partial charge in [0.05, 0.1) is 9.05 Å². The minimum absolute atomic E-state index is 0. The number of quaternary nitrogens is 2. The van der Waals surface area contributed by atoms with Gasteiger partial charge in [-0.2, -0.15) is 0 Å². The predicted octanol–water partition coefficient (Wildman–Crippen LogP) is -2.91. The van der Waals surface area contributed by atoms with Crippen molar-refractivity contribution in [2.24, 2.45) is 0 Å². The van der Waals surface area contributed by atoms with Gasteiger partial charge in [0.2, 0.25) is 0 Å². The maximum Gasteiger partial charge on any atom is 0.0818 e. The Kier molecular flexibility index (Phi) is 22.5. The Hall–Kier alpha value is 0.690. The maximum absolute atomic E-state index is 9.00. The molecule has 0 aliphatic heterocycles. The average molecular weight is 229 g/mol. The molecule has 1 unspecified atom stereocenters. The average Bonchev–Trinajstić information content (AvgIpc) is 0.722. The summed E-state index contributed by atoms with van der Waals surface area (Å²) >= 11 is 3.35. The van der Waals surface area contributed by atoms with Gasteiger partial charge in [-0.15, -0.1) is 0 Å². The molecule has 0 aromatic rings. The van der Waals surface area contributed by atoms with Crippen LogP contribution in [0.4, 0.5) is 0 Å². The second-order valence-electron chi connectivity index (χ2n) is 0.428. The molecule has 0 rings (SSSR count). The summed E-state index contributed by atoms with van der Waals surface area (Å²) in [7, 11) is -4.08. The van der Waals surface area contributed by atoms with Crippen molar-refractivity contribution in [2.45, 2.75) is 0 Å². The molecule has 0 radical (unpaired) electrons. The summed E-state index contributed by atoms with van der Waals surface area (Å²) in [5.74, 6) is 0. The minimum Gasteiger partial charge on any atom is -1.00 e. The Morgan fingerprint density at radius 3 is 1.50 bits per heavy atom. The Morgan fingerprint density at radius 2 is 1.50 bits per heavy atom. The van der Waals surface area contributed by atoms with Gasteiger partial charge in [-0.05, 0) is 11.2 Å². The van der Waals surface area contributed by atoms with Gasteiger partial charge < -0.3 is 38.4 Å². The van der Waals surface area contributed by atoms with Crippen molar-refractivity contribution in [1.29, 1.82) is 0 Å². The molecular formula is H9BrN2O3S2. The van der Waals surface area contributed by atoms with Gasteiger partial charge in [-0.3, -0.25) is 0 Å². The molecule has 8 heteroatoms. The van der Waals surface area contributed by atoms with Crippen LogP contribution in [0.15, 0.2) is 0 Å². The van der Waals surface area contributed by atoms with E-state index in [9.17, 15) is 0 Å². The first-order valence-corrected chi connectivity index (χ1v) is 3.05. The molecule has 9 N–H and O–H groups in total. The third kappa shape index (κ3) is 455. The molecular weight excluding hydrogens is 220 g/mol. The van der Waals surface area contributed by atoms with Crippen LogP contribution in [-0.2, 0) is 20.2 Å². The molecule has 0 aliphatic rings. The molecule has 8 heavy (non-hydrogen) atoms. The second-order valence-corrected chi connectivity index (χ2v) is 2.55. The first-order chi connectivity index (χ1) is 2.00. The summed E-state index contributed by atoms with van der Waals surface area (Å²) in [6.07, 6.45) is 0. The van der Waals surface area contributed by atoms with E-state index in [1.165, 1.54) is 0 Å². The minimum atomic E-state index is -4.08. The SMILES string of the molecule is O=S([O-])(O)=S.[Br-].[NH4+].[NH4+]. The van der Waals surface area contributed by atoms with Gasteiger partial charge in [0.25, 0.3) is 0 Å². The smallest absolute Gasteiger partial charge is 0.0818 e. The van der Waals surface area contributed by atoms with Crippen molar-refractivity contribution in [3.05, 3.63) is 0 Å². The second kappa shape index (κ2) is 7.69. The van der Waals surface area contributed by atoms with Crippen LogP contribution in [0.5, 0.6) is 0 Å². The third-order valence-electron chi connectivity index (χ3n) is 0. The van der Waals surface area contributed by atoms with E-state index in [2.05, 4.69) is 11.2 Å². The third-order valence-corrected chi connectivity index (χ3v) is 0. The van der Waals surface area contributed by atoms with E-state index in [-0.39, 0.29) is 29.3 Å². The zero-order valence-electron chi connectivity index (χ0n) is 4.46. The lowest BCUT2D eigenvalue weighted by Crippen LogP contribution is -3.00. The van der Waals surface area contributed by atoms with Gasteiger partial charge in [0.15, 0.2) is 0 Å². The standard InChI is InChI=1S/BrH.2H3N.H2O3S2/c;;;1-5(2,3)4/h1H;2*1H3;(H2,1,2,3,4). The van der Waals surface area contributed by atoms with Gasteiger partial charge in [-0.25, -0.2) is 4.21 Å². The van der Waals surface area contributed by atoms with Crippen molar-refractivity contribution >= 4 is 20.2 Å². The van der Waals surface area contributed by atoms with E-state index in [0.717, 1.165) is 0 Å². The van der Waals surface area contributed by atoms with Crippen LogP contribution in [0.2, 0.25) is 0 Å². The summed E-state index contributed by atoms with van der Waals surface area (Å²) in [6, 6.07) is 0. The fourth-order valence-corrected chi connectivity index (χ4v) is 0. The normalized spacial score (nSPS) is 13.2. The summed E-state index contributed by atoms with van der Waals surface area (Å²) in [6.45, 7) is 0. The molecule has 56 valence electrons. The highest BCUT2D eigenvalue weighted by molar-refractivity contribution is 8.26. The monoisotopic (exact) mass is 228 g/mol. The zero-order valence-corrected chi connectivity index (χ0v) is 7.68. The van der Waals surface area contributed by atoms with E-state index >= 15 is 0 Å². The van der Waals surface area contributed by atoms with Crippen LogP contribution in [0, 0.1) is 0 Å². The Balaban J connectivity index is -0.0000000267. The lowest BCUT2D eigenvalue weighted by atomic mass is 14.0. The van der Waals surface area contributed by atoms with Crippen LogP contribution in [0.25, 0.3) is 0 Å². The first kappa shape index (κ1) is 23.4. The molecule has 0 saturated heterocycles. The van der Waals surface area contributed by atoms with E-state index < -0.39 is 9.05 Å². The largest absolute Gasteiger partial charge is 1.00 e. The van der Waals surface area contributed by atoms with Crippen molar-refractivity contribution in [1.82, 2.24) is 12.3 Å². The molecule has 0 fully saturated rings. The van der Waals surface area contributed by atoms with Gasteiger partial charge in [0.1, 0.15) is 0 Å². The molecule has 0 aliphatic carbocycles. The summed E-state index contributed by atoms with van der Waals surface area (Å²) in [4.78, 5) is 0. The van der Waals surface area contributed by atoms with E-state index in [4.69, 9.17) is 13.3 Å². The lowest BCUT2D eigenvalue weighted by molar-refractivity contribution is -0.00000634. The molecule has 0 bridgehead atoms. The van der Waals surface area contributed by atoms with E-state index in [1.54, 1.807) is 0 Å². The molecule has 0 aromatic heterocycles. The fraction of sp³-hybridized carbons (Fsp3) is 0. The van der Waals surface area contributed by atoms with Crippen LogP contribution in [-0.4, -0.2) is 13.3 Å². The summed E-state index contributed by atoms with van der Waals surface area (Å²) < 4.78 is 25.3. The number of hydrogen-bond acceptors (Lipinski definition) is 3. The number of halogens is 1. The van der Waals surface area contributed by atoms with Gasteiger partial charge >= 0.3 is 0 Å². The topological polar surface area (TPSA) is 133 Å². The van der Waals surface area contributed by atoms with Crippen LogP contribution in [0.3, 0.4) is 0 Å². The van der Waals surface area contributed by atoms with Gasteiger partial charge in [-0.1, -0.05) is 0 Å². The number of rotatable bonds is 0. The molecule has 5 nitrogen and oxygen atoms in total. The highest BCUT2D eigenvalue weighted by Gasteiger charge is 1.61. The maximum atomic E-state index is 9.00. The first-order valence-electron chi connectivity index (χ1n) is 0.683. The quantitative estimate of drug-likeness (QED) is 0.410. The zero-order chi connectivity index (χ0) is 4.50. The van der Waals surface area contributed by atoms with E-state index in [0.29, 0.717) is 0 Å². The fourth-order valence-electron chi connectivity index (χ4n) is 0. The molecule has 0 spiro atoms. The van der Waals surface area contributed by atoms with Crippen LogP contribution < -0.4 is 29.3 Å². The summed E-state index contributed by atoms with van der Waals surface area (Å²) in [5.41, 5.74) is 0. The summed E-state index contributed by atoms with van der Waals surface area (Å²) in [5, 5.41) is 0. The van der Waals surface area contributed by atoms with Gasteiger partial charge in [0, 0.05) is 0 Å². The van der Waals surface area contributed by atoms with Crippen LogP contribution in [0.1, 0.15) is 0 Å². The molecule has 0 saturated carbocycles. The highest BCUT2D eigenvalue weighted by Crippen LogP contribution is 1.61. The van der Waals surface area contributed by atoms with Crippen molar-refractivity contribution in [3.63, 3.8) is 0 Å². The highest BCUT2D eigenvalue weighted by atomic mass is 79.9. The molecule has 0 heterocycles. The molecule has 1 atom stereocenters. The molecule has 0 aromatic carbocycles.